The molecule has 0 atom stereocenters. The molecule has 0 aliphatic rings. The zero-order valence-corrected chi connectivity index (χ0v) is 25.0. The van der Waals surface area contributed by atoms with Gasteiger partial charge in [-0.25, -0.2) is 18.7 Å². The van der Waals surface area contributed by atoms with Crippen LogP contribution in [-0.4, -0.2) is 46.3 Å². The van der Waals surface area contributed by atoms with Gasteiger partial charge < -0.3 is 24.3 Å². The Hall–Kier alpha value is -5.80. The first-order valence-corrected chi connectivity index (χ1v) is 13.6. The Morgan fingerprint density at radius 2 is 1.70 bits per heavy atom. The molecule has 0 spiro atoms. The maximum atomic E-state index is 15.2. The molecular formula is C31H24F5N5O6. The van der Waals surface area contributed by atoms with Crippen LogP contribution in [0.4, 0.5) is 27.6 Å². The molecule has 0 aliphatic heterocycles. The van der Waals surface area contributed by atoms with Crippen molar-refractivity contribution in [1.29, 1.82) is 0 Å². The van der Waals surface area contributed by atoms with Crippen molar-refractivity contribution >= 4 is 22.6 Å². The van der Waals surface area contributed by atoms with Crippen molar-refractivity contribution in [2.45, 2.75) is 20.0 Å². The highest BCUT2D eigenvalue weighted by Gasteiger charge is 2.36. The van der Waals surface area contributed by atoms with Crippen LogP contribution in [0.2, 0.25) is 0 Å². The van der Waals surface area contributed by atoms with Crippen LogP contribution >= 0.6 is 0 Å². The monoisotopic (exact) mass is 657 g/mol. The summed E-state index contributed by atoms with van der Waals surface area (Å²) in [4.78, 5) is 38.8. The van der Waals surface area contributed by atoms with Crippen LogP contribution in [-0.2, 0) is 6.18 Å². The summed E-state index contributed by atoms with van der Waals surface area (Å²) in [6, 6.07) is 6.77. The number of nitrogens with one attached hydrogen (secondary N) is 1. The van der Waals surface area contributed by atoms with Gasteiger partial charge in [0.15, 0.2) is 28.9 Å². The van der Waals surface area contributed by atoms with Crippen LogP contribution < -0.4 is 29.8 Å². The highest BCUT2D eigenvalue weighted by molar-refractivity contribution is 6.04. The van der Waals surface area contributed by atoms with E-state index in [2.05, 4.69) is 20.3 Å². The number of methoxy groups -OCH3 is 2. The Bertz CT molecular complexity index is 2050. The Labute approximate surface area is 262 Å². The first kappa shape index (κ1) is 32.6. The second-order valence-electron chi connectivity index (χ2n) is 9.71. The maximum absolute atomic E-state index is 15.2. The molecule has 244 valence electrons. The van der Waals surface area contributed by atoms with Crippen molar-refractivity contribution < 1.29 is 45.7 Å². The molecule has 0 unspecified atom stereocenters. The number of carbonyl (C=O) groups excluding carboxylic acids is 1. The summed E-state index contributed by atoms with van der Waals surface area (Å²) in [5, 5.41) is 2.15. The Morgan fingerprint density at radius 1 is 0.979 bits per heavy atom. The van der Waals surface area contributed by atoms with Gasteiger partial charge >= 0.3 is 6.18 Å². The summed E-state index contributed by atoms with van der Waals surface area (Å²) in [5.74, 6) is -4.25. The van der Waals surface area contributed by atoms with Crippen molar-refractivity contribution in [2.75, 3.05) is 26.1 Å². The Morgan fingerprint density at radius 3 is 2.32 bits per heavy atom. The number of hydrogen-bond donors (Lipinski definition) is 1. The minimum Gasteiger partial charge on any atom is -0.491 e. The SMILES string of the molecule is CCOc1cc(C)c(-n2c(C(F)(F)F)ccc(C(=O)Nc3cc(F)c(Oc4ccnc5cc(OC)c(OC)nc45)c(F)c3)c2=O)cn1. The van der Waals surface area contributed by atoms with E-state index in [0.29, 0.717) is 28.8 Å². The zero-order chi connectivity index (χ0) is 34.0. The molecule has 5 rings (SSSR count). The number of amides is 1. The second-order valence-corrected chi connectivity index (χ2v) is 9.71. The number of aryl methyl sites for hydroxylation is 1. The zero-order valence-electron chi connectivity index (χ0n) is 25.0. The van der Waals surface area contributed by atoms with E-state index in [9.17, 15) is 22.8 Å². The number of fused-ring (bicyclic) bond motifs is 1. The molecule has 47 heavy (non-hydrogen) atoms. The largest absolute Gasteiger partial charge is 0.491 e. The minimum atomic E-state index is -4.99. The molecule has 1 N–H and O–H groups in total. The number of nitrogens with zero attached hydrogens (tertiary/aromatic N) is 4. The van der Waals surface area contributed by atoms with E-state index in [1.807, 2.05) is 0 Å². The minimum absolute atomic E-state index is 0.0631. The van der Waals surface area contributed by atoms with Gasteiger partial charge in [0, 0.05) is 42.2 Å². The average molecular weight is 658 g/mol. The molecule has 1 aromatic carbocycles. The van der Waals surface area contributed by atoms with Gasteiger partial charge in [-0.15, -0.1) is 0 Å². The first-order valence-electron chi connectivity index (χ1n) is 13.6. The summed E-state index contributed by atoms with van der Waals surface area (Å²) in [6.45, 7) is 3.37. The lowest BCUT2D eigenvalue weighted by atomic mass is 10.1. The van der Waals surface area contributed by atoms with E-state index < -0.39 is 52.0 Å². The lowest BCUT2D eigenvalue weighted by Gasteiger charge is -2.18. The fourth-order valence-electron chi connectivity index (χ4n) is 4.58. The molecule has 4 aromatic heterocycles. The molecule has 4 heterocycles. The van der Waals surface area contributed by atoms with Gasteiger partial charge in [0.1, 0.15) is 16.8 Å². The average Bonchev–Trinajstić information content (AvgIpc) is 3.02. The summed E-state index contributed by atoms with van der Waals surface area (Å²) in [5.41, 5.74) is -3.62. The molecule has 0 bridgehead atoms. The number of carbonyl (C=O) groups is 1. The molecule has 5 aromatic rings. The van der Waals surface area contributed by atoms with Gasteiger partial charge in [-0.1, -0.05) is 0 Å². The van der Waals surface area contributed by atoms with E-state index >= 15 is 8.78 Å². The molecule has 0 saturated carbocycles. The molecule has 1 amide bonds. The topological polar surface area (TPSA) is 127 Å². The summed E-state index contributed by atoms with van der Waals surface area (Å²) >= 11 is 0. The number of hydrogen-bond acceptors (Lipinski definition) is 9. The van der Waals surface area contributed by atoms with Gasteiger partial charge in [0.2, 0.25) is 5.88 Å². The smallest absolute Gasteiger partial charge is 0.431 e. The van der Waals surface area contributed by atoms with E-state index in [1.165, 1.54) is 45.5 Å². The predicted octanol–water partition coefficient (Wildman–Crippen LogP) is 6.24. The second kappa shape index (κ2) is 12.9. The summed E-state index contributed by atoms with van der Waals surface area (Å²) in [7, 11) is 2.74. The summed E-state index contributed by atoms with van der Waals surface area (Å²) < 4.78 is 93.6. The summed E-state index contributed by atoms with van der Waals surface area (Å²) in [6.07, 6.45) is -2.66. The maximum Gasteiger partial charge on any atom is 0.431 e. The van der Waals surface area contributed by atoms with Gasteiger partial charge in [-0.2, -0.15) is 13.2 Å². The van der Waals surface area contributed by atoms with Crippen molar-refractivity contribution in [3.05, 3.63) is 93.7 Å². The molecule has 0 radical (unpaired) electrons. The van der Waals surface area contributed by atoms with Gasteiger partial charge in [-0.05, 0) is 31.5 Å². The number of rotatable bonds is 9. The highest BCUT2D eigenvalue weighted by atomic mass is 19.4. The van der Waals surface area contributed by atoms with E-state index in [0.717, 1.165) is 6.20 Å². The van der Waals surface area contributed by atoms with Crippen molar-refractivity contribution in [1.82, 2.24) is 19.5 Å². The quantitative estimate of drug-likeness (QED) is 0.183. The van der Waals surface area contributed by atoms with Crippen LogP contribution in [0.3, 0.4) is 0 Å². The van der Waals surface area contributed by atoms with Crippen molar-refractivity contribution in [3.8, 4) is 34.7 Å². The third kappa shape index (κ3) is 6.47. The van der Waals surface area contributed by atoms with Gasteiger partial charge in [-0.3, -0.25) is 19.1 Å². The lowest BCUT2D eigenvalue weighted by molar-refractivity contribution is -0.142. The molecular weight excluding hydrogens is 633 g/mol. The first-order chi connectivity index (χ1) is 22.4. The third-order valence-electron chi connectivity index (χ3n) is 6.70. The van der Waals surface area contributed by atoms with Gasteiger partial charge in [0.05, 0.1) is 38.2 Å². The van der Waals surface area contributed by atoms with Crippen LogP contribution in [0.1, 0.15) is 28.5 Å². The van der Waals surface area contributed by atoms with Crippen molar-refractivity contribution in [3.63, 3.8) is 0 Å². The van der Waals surface area contributed by atoms with E-state index in [1.54, 1.807) is 6.92 Å². The molecule has 16 heteroatoms. The van der Waals surface area contributed by atoms with E-state index in [4.69, 9.17) is 18.9 Å². The van der Waals surface area contributed by atoms with Crippen LogP contribution in [0, 0.1) is 18.6 Å². The number of aromatic nitrogens is 4. The van der Waals surface area contributed by atoms with Crippen LogP contribution in [0.25, 0.3) is 16.7 Å². The van der Waals surface area contributed by atoms with Crippen LogP contribution in [0.5, 0.6) is 29.0 Å². The normalized spacial score (nSPS) is 11.3. The third-order valence-corrected chi connectivity index (χ3v) is 6.70. The van der Waals surface area contributed by atoms with E-state index in [-0.39, 0.29) is 52.2 Å². The number of ether oxygens (including phenoxy) is 4. The fraction of sp³-hybridized carbons (Fsp3) is 0.194. The number of anilines is 1. The fourth-order valence-corrected chi connectivity index (χ4v) is 4.58. The van der Waals surface area contributed by atoms with Gasteiger partial charge in [0.25, 0.3) is 17.3 Å². The standard InChI is InChI=1S/C31H24F5N5O6/c1-5-46-25-10-15(2)21(14-38-25)41-24(31(34,35)36)7-6-17(30(41)43)28(42)39-16-11-18(32)27(19(33)12-16)47-22-8-9-37-20-13-23(44-3)29(45-4)40-26(20)22/h6-14H,5H2,1-4H3,(H,39,42). The molecule has 0 aliphatic carbocycles. The Balaban J connectivity index is 1.48. The Kier molecular flexibility index (Phi) is 8.94. The molecule has 0 saturated heterocycles. The number of alkyl halides is 3. The van der Waals surface area contributed by atoms with Crippen LogP contribution in [0.15, 0.2) is 59.7 Å². The lowest BCUT2D eigenvalue weighted by Crippen LogP contribution is -2.33. The molecule has 0 fully saturated rings. The predicted molar refractivity (Wildman–Crippen MR) is 158 cm³/mol. The number of halogens is 5. The highest BCUT2D eigenvalue weighted by Crippen LogP contribution is 2.36. The van der Waals surface area contributed by atoms with Crippen molar-refractivity contribution in [2.24, 2.45) is 0 Å². The number of benzene rings is 1. The number of pyridine rings is 4. The molecule has 11 nitrogen and oxygen atoms in total.